The van der Waals surface area contributed by atoms with Crippen LogP contribution in [0.25, 0.3) is 0 Å². The maximum atomic E-state index is 12.3. The molecule has 0 heterocycles. The smallest absolute Gasteiger partial charge is 0.367 e. The Kier molecular flexibility index (Phi) is 6.74. The van der Waals surface area contributed by atoms with E-state index in [0.717, 1.165) is 0 Å². The Balaban J connectivity index is 1.95. The Morgan fingerprint density at radius 3 is 2.30 bits per heavy atom. The fraction of sp³-hybridized carbons (Fsp3) is 0.278. The van der Waals surface area contributed by atoms with Crippen molar-refractivity contribution in [1.82, 2.24) is 4.72 Å². The molecule has 0 saturated carbocycles. The van der Waals surface area contributed by atoms with Crippen molar-refractivity contribution >= 4 is 15.8 Å². The molecule has 0 aliphatic carbocycles. The average Bonchev–Trinajstić information content (AvgIpc) is 2.60. The van der Waals surface area contributed by atoms with Crippen molar-refractivity contribution < 1.29 is 31.1 Å². The molecule has 0 amide bonds. The van der Waals surface area contributed by atoms with Gasteiger partial charge in [0.05, 0.1) is 11.5 Å². The third-order valence-corrected chi connectivity index (χ3v) is 4.97. The summed E-state index contributed by atoms with van der Waals surface area (Å²) in [5.41, 5.74) is 1.46. The summed E-state index contributed by atoms with van der Waals surface area (Å²) in [6.45, 7) is -0.174. The minimum absolute atomic E-state index is 0.00365. The van der Waals surface area contributed by atoms with Crippen LogP contribution in [0.3, 0.4) is 0 Å². The molecule has 2 aromatic carbocycles. The van der Waals surface area contributed by atoms with E-state index in [2.05, 4.69) is 9.46 Å². The van der Waals surface area contributed by atoms with E-state index < -0.39 is 22.8 Å². The molecule has 0 spiro atoms. The zero-order valence-corrected chi connectivity index (χ0v) is 15.2. The van der Waals surface area contributed by atoms with Gasteiger partial charge in [0, 0.05) is 12.1 Å². The second-order valence-corrected chi connectivity index (χ2v) is 7.60. The number of carbonyl (C=O) groups is 1. The van der Waals surface area contributed by atoms with Crippen molar-refractivity contribution in [3.8, 4) is 0 Å². The van der Waals surface area contributed by atoms with E-state index in [-0.39, 0.29) is 23.8 Å². The SMILES string of the molecule is CC(=O)c1cccc(S(=O)(=O)NCc2ccc(COCC(F)(F)F)cc2)c1. The van der Waals surface area contributed by atoms with E-state index in [1.807, 2.05) is 0 Å². The zero-order valence-electron chi connectivity index (χ0n) is 14.4. The van der Waals surface area contributed by atoms with Crippen LogP contribution in [0.1, 0.15) is 28.4 Å². The number of sulfonamides is 1. The monoisotopic (exact) mass is 401 g/mol. The lowest BCUT2D eigenvalue weighted by atomic mass is 10.1. The number of Topliss-reactive ketones (excluding diaryl/α,β-unsaturated/α-hetero) is 1. The minimum Gasteiger partial charge on any atom is -0.367 e. The summed E-state index contributed by atoms with van der Waals surface area (Å²) in [4.78, 5) is 11.4. The minimum atomic E-state index is -4.38. The largest absolute Gasteiger partial charge is 0.411 e. The van der Waals surface area contributed by atoms with Crippen molar-refractivity contribution in [2.45, 2.75) is 31.1 Å². The number of ether oxygens (including phenoxy) is 1. The van der Waals surface area contributed by atoms with E-state index in [0.29, 0.717) is 16.7 Å². The average molecular weight is 401 g/mol. The molecule has 0 unspecified atom stereocenters. The maximum absolute atomic E-state index is 12.3. The standard InChI is InChI=1S/C18H18F3NO4S/c1-13(23)16-3-2-4-17(9-16)27(24,25)22-10-14-5-7-15(8-6-14)11-26-12-18(19,20)21/h2-9,22H,10-12H2,1H3. The van der Waals surface area contributed by atoms with Crippen molar-refractivity contribution in [3.05, 3.63) is 65.2 Å². The number of nitrogens with one attached hydrogen (secondary N) is 1. The molecular formula is C18H18F3NO4S. The summed E-state index contributed by atoms with van der Waals surface area (Å²) in [5, 5.41) is 0. The van der Waals surface area contributed by atoms with Crippen molar-refractivity contribution in [2.75, 3.05) is 6.61 Å². The molecule has 0 bridgehead atoms. The quantitative estimate of drug-likeness (QED) is 0.688. The molecule has 0 atom stereocenters. The Morgan fingerprint density at radius 2 is 1.70 bits per heavy atom. The van der Waals surface area contributed by atoms with Crippen molar-refractivity contribution in [2.24, 2.45) is 0 Å². The Morgan fingerprint density at radius 1 is 1.07 bits per heavy atom. The van der Waals surface area contributed by atoms with Gasteiger partial charge in [0.2, 0.25) is 10.0 Å². The molecule has 0 fully saturated rings. The number of hydrogen-bond donors (Lipinski definition) is 1. The third kappa shape index (κ3) is 6.78. The molecule has 0 aliphatic heterocycles. The topological polar surface area (TPSA) is 72.5 Å². The predicted molar refractivity (Wildman–Crippen MR) is 92.6 cm³/mol. The van der Waals surface area contributed by atoms with Crippen LogP contribution >= 0.6 is 0 Å². The van der Waals surface area contributed by atoms with Gasteiger partial charge in [0.15, 0.2) is 5.78 Å². The number of ketones is 1. The number of alkyl halides is 3. The highest BCUT2D eigenvalue weighted by molar-refractivity contribution is 7.89. The fourth-order valence-corrected chi connectivity index (χ4v) is 3.25. The molecule has 27 heavy (non-hydrogen) atoms. The van der Waals surface area contributed by atoms with Crippen molar-refractivity contribution in [3.63, 3.8) is 0 Å². The Hall–Kier alpha value is -2.23. The normalized spacial score (nSPS) is 12.1. The van der Waals surface area contributed by atoms with Gasteiger partial charge in [-0.2, -0.15) is 13.2 Å². The summed E-state index contributed by atoms with van der Waals surface area (Å²) < 4.78 is 67.8. The molecule has 0 saturated heterocycles. The van der Waals surface area contributed by atoms with Crippen molar-refractivity contribution in [1.29, 1.82) is 0 Å². The Bertz CT molecular complexity index is 894. The van der Waals surface area contributed by atoms with Crippen LogP contribution in [0, 0.1) is 0 Å². The zero-order chi connectivity index (χ0) is 20.1. The third-order valence-electron chi connectivity index (χ3n) is 3.57. The lowest BCUT2D eigenvalue weighted by molar-refractivity contribution is -0.176. The predicted octanol–water partition coefficient (Wildman–Crippen LogP) is 3.45. The first-order valence-electron chi connectivity index (χ1n) is 7.90. The molecule has 0 aliphatic rings. The van der Waals surface area contributed by atoms with E-state index in [4.69, 9.17) is 0 Å². The van der Waals surface area contributed by atoms with Crippen LogP contribution in [-0.4, -0.2) is 27.0 Å². The number of carbonyl (C=O) groups excluding carboxylic acids is 1. The van der Waals surface area contributed by atoms with Gasteiger partial charge >= 0.3 is 6.18 Å². The van der Waals surface area contributed by atoms with E-state index in [1.165, 1.54) is 31.2 Å². The van der Waals surface area contributed by atoms with Gasteiger partial charge in [-0.05, 0) is 30.2 Å². The van der Waals surface area contributed by atoms with Crippen LogP contribution in [0.2, 0.25) is 0 Å². The second-order valence-electron chi connectivity index (χ2n) is 5.83. The number of halogens is 3. The summed E-state index contributed by atoms with van der Waals surface area (Å²) >= 11 is 0. The molecule has 2 rings (SSSR count). The maximum Gasteiger partial charge on any atom is 0.411 e. The number of benzene rings is 2. The highest BCUT2D eigenvalue weighted by Gasteiger charge is 2.27. The van der Waals surface area contributed by atoms with E-state index >= 15 is 0 Å². The molecule has 2 aromatic rings. The van der Waals surface area contributed by atoms with Gasteiger partial charge in [-0.15, -0.1) is 0 Å². The van der Waals surface area contributed by atoms with Gasteiger partial charge in [0.25, 0.3) is 0 Å². The lowest BCUT2D eigenvalue weighted by Crippen LogP contribution is -2.23. The van der Waals surface area contributed by atoms with Crippen LogP contribution < -0.4 is 4.72 Å². The van der Waals surface area contributed by atoms with Gasteiger partial charge in [0.1, 0.15) is 6.61 Å². The van der Waals surface area contributed by atoms with Gasteiger partial charge in [-0.1, -0.05) is 36.4 Å². The van der Waals surface area contributed by atoms with Gasteiger partial charge in [-0.25, -0.2) is 13.1 Å². The van der Waals surface area contributed by atoms with Crippen LogP contribution in [0.4, 0.5) is 13.2 Å². The number of rotatable bonds is 8. The first-order chi connectivity index (χ1) is 12.6. The van der Waals surface area contributed by atoms with Crippen LogP contribution in [0.5, 0.6) is 0 Å². The lowest BCUT2D eigenvalue weighted by Gasteiger charge is -2.09. The van der Waals surface area contributed by atoms with E-state index in [1.54, 1.807) is 24.3 Å². The first kappa shape index (κ1) is 21.1. The molecular weight excluding hydrogens is 383 g/mol. The summed E-state index contributed by atoms with van der Waals surface area (Å²) in [6, 6.07) is 12.0. The molecule has 0 radical (unpaired) electrons. The second kappa shape index (κ2) is 8.64. The molecule has 9 heteroatoms. The fourth-order valence-electron chi connectivity index (χ4n) is 2.18. The number of hydrogen-bond acceptors (Lipinski definition) is 4. The molecule has 5 nitrogen and oxygen atoms in total. The highest BCUT2D eigenvalue weighted by atomic mass is 32.2. The Labute approximate surface area is 155 Å². The van der Waals surface area contributed by atoms with Gasteiger partial charge in [-0.3, -0.25) is 4.79 Å². The molecule has 146 valence electrons. The highest BCUT2D eigenvalue weighted by Crippen LogP contribution is 2.16. The van der Waals surface area contributed by atoms with Gasteiger partial charge < -0.3 is 4.74 Å². The summed E-state index contributed by atoms with van der Waals surface area (Å²) in [5.74, 6) is -0.240. The summed E-state index contributed by atoms with van der Waals surface area (Å²) in [7, 11) is -3.81. The molecule has 0 aromatic heterocycles. The van der Waals surface area contributed by atoms with Crippen LogP contribution in [-0.2, 0) is 27.9 Å². The molecule has 1 N–H and O–H groups in total. The first-order valence-corrected chi connectivity index (χ1v) is 9.38. The van der Waals surface area contributed by atoms with Crippen LogP contribution in [0.15, 0.2) is 53.4 Å². The summed E-state index contributed by atoms with van der Waals surface area (Å²) in [6.07, 6.45) is -4.38. The van der Waals surface area contributed by atoms with E-state index in [9.17, 15) is 26.4 Å².